The summed E-state index contributed by atoms with van der Waals surface area (Å²) in [6.45, 7) is 0.240. The van der Waals surface area contributed by atoms with Crippen LogP contribution in [0.5, 0.6) is 5.75 Å². The molecule has 0 radical (unpaired) electrons. The maximum absolute atomic E-state index is 11.5. The second-order valence-corrected chi connectivity index (χ2v) is 4.17. The number of hydrogen-bond acceptors (Lipinski definition) is 5. The molecule has 0 fully saturated rings. The molecule has 21 heavy (non-hydrogen) atoms. The zero-order valence-electron chi connectivity index (χ0n) is 11.3. The first-order valence-electron chi connectivity index (χ1n) is 6.14. The third kappa shape index (κ3) is 3.75. The largest absolute Gasteiger partial charge is 0.489 e. The molecule has 2 rings (SSSR count). The fourth-order valence-electron chi connectivity index (χ4n) is 1.65. The van der Waals surface area contributed by atoms with Crippen LogP contribution in [0.2, 0.25) is 0 Å². The first-order chi connectivity index (χ1) is 10.1. The molecule has 0 aliphatic heterocycles. The lowest BCUT2D eigenvalue weighted by Gasteiger charge is -2.07. The first-order valence-corrected chi connectivity index (χ1v) is 6.14. The lowest BCUT2D eigenvalue weighted by molar-refractivity contribution is -0.384. The standard InChI is InChI=1S/C14H13N3O4/c1-15-14(18)13-8-10(6-7-16-13)9-21-12-4-2-11(3-5-12)17(19)20/h2-8H,9H2,1H3,(H,15,18). The summed E-state index contributed by atoms with van der Waals surface area (Å²) in [6, 6.07) is 9.16. The Kier molecular flexibility index (Phi) is 4.45. The van der Waals surface area contributed by atoms with Crippen molar-refractivity contribution in [3.63, 3.8) is 0 Å². The molecule has 1 heterocycles. The van der Waals surface area contributed by atoms with Gasteiger partial charge in [-0.1, -0.05) is 0 Å². The van der Waals surface area contributed by atoms with E-state index in [4.69, 9.17) is 4.74 Å². The fourth-order valence-corrected chi connectivity index (χ4v) is 1.65. The Morgan fingerprint density at radius 2 is 2.05 bits per heavy atom. The van der Waals surface area contributed by atoms with Gasteiger partial charge in [-0.15, -0.1) is 0 Å². The zero-order chi connectivity index (χ0) is 15.2. The van der Waals surface area contributed by atoms with Crippen molar-refractivity contribution in [3.05, 3.63) is 64.0 Å². The minimum Gasteiger partial charge on any atom is -0.489 e. The molecule has 108 valence electrons. The summed E-state index contributed by atoms with van der Waals surface area (Å²) in [7, 11) is 1.53. The lowest BCUT2D eigenvalue weighted by atomic mass is 10.2. The highest BCUT2D eigenvalue weighted by Crippen LogP contribution is 2.18. The number of nitro groups is 1. The molecule has 0 atom stereocenters. The Hall–Kier alpha value is -2.96. The highest BCUT2D eigenvalue weighted by atomic mass is 16.6. The average molecular weight is 287 g/mol. The quantitative estimate of drug-likeness (QED) is 0.669. The summed E-state index contributed by atoms with van der Waals surface area (Å²) in [4.78, 5) is 25.5. The number of non-ortho nitro benzene ring substituents is 1. The van der Waals surface area contributed by atoms with Crippen molar-refractivity contribution >= 4 is 11.6 Å². The summed E-state index contributed by atoms with van der Waals surface area (Å²) in [6.07, 6.45) is 1.53. The van der Waals surface area contributed by atoms with Gasteiger partial charge < -0.3 is 10.1 Å². The zero-order valence-corrected chi connectivity index (χ0v) is 11.3. The van der Waals surface area contributed by atoms with Crippen LogP contribution in [0.25, 0.3) is 0 Å². The van der Waals surface area contributed by atoms with Crippen molar-refractivity contribution in [3.8, 4) is 5.75 Å². The number of amides is 1. The molecule has 0 bridgehead atoms. The molecular weight excluding hydrogens is 274 g/mol. The Bertz CT molecular complexity index is 656. The second kappa shape index (κ2) is 6.47. The van der Waals surface area contributed by atoms with Gasteiger partial charge in [-0.05, 0) is 29.8 Å². The van der Waals surface area contributed by atoms with Gasteiger partial charge in [-0.3, -0.25) is 19.9 Å². The van der Waals surface area contributed by atoms with E-state index in [-0.39, 0.29) is 18.2 Å². The first kappa shape index (κ1) is 14.4. The summed E-state index contributed by atoms with van der Waals surface area (Å²) in [5.74, 6) is 0.242. The van der Waals surface area contributed by atoms with Crippen LogP contribution in [0.3, 0.4) is 0 Å². The van der Waals surface area contributed by atoms with E-state index in [0.717, 1.165) is 5.56 Å². The Labute approximate surface area is 120 Å². The summed E-state index contributed by atoms with van der Waals surface area (Å²) in [5.41, 5.74) is 1.09. The van der Waals surface area contributed by atoms with Gasteiger partial charge in [0, 0.05) is 25.4 Å². The predicted molar refractivity (Wildman–Crippen MR) is 75.1 cm³/mol. The van der Waals surface area contributed by atoms with E-state index in [1.807, 2.05) is 0 Å². The van der Waals surface area contributed by atoms with Crippen LogP contribution >= 0.6 is 0 Å². The number of nitrogens with one attached hydrogen (secondary N) is 1. The summed E-state index contributed by atoms with van der Waals surface area (Å²) < 4.78 is 5.51. The van der Waals surface area contributed by atoms with Crippen molar-refractivity contribution in [1.29, 1.82) is 0 Å². The number of pyridine rings is 1. The van der Waals surface area contributed by atoms with Crippen LogP contribution in [0, 0.1) is 10.1 Å². The van der Waals surface area contributed by atoms with Crippen LogP contribution in [0.4, 0.5) is 5.69 Å². The molecule has 7 heteroatoms. The molecule has 1 N–H and O–H groups in total. The van der Waals surface area contributed by atoms with E-state index >= 15 is 0 Å². The van der Waals surface area contributed by atoms with E-state index < -0.39 is 4.92 Å². The van der Waals surface area contributed by atoms with Crippen molar-refractivity contribution in [2.75, 3.05) is 7.05 Å². The normalized spacial score (nSPS) is 9.95. The van der Waals surface area contributed by atoms with Crippen LogP contribution in [-0.4, -0.2) is 22.9 Å². The number of carbonyl (C=O) groups excluding carboxylic acids is 1. The molecule has 0 unspecified atom stereocenters. The number of ether oxygens (including phenoxy) is 1. The molecule has 0 spiro atoms. The maximum atomic E-state index is 11.5. The monoisotopic (exact) mass is 287 g/mol. The van der Waals surface area contributed by atoms with E-state index in [9.17, 15) is 14.9 Å². The van der Waals surface area contributed by atoms with Crippen molar-refractivity contribution < 1.29 is 14.5 Å². The topological polar surface area (TPSA) is 94.4 Å². The summed E-state index contributed by atoms with van der Waals surface area (Å²) in [5, 5.41) is 13.0. The number of hydrogen-bond donors (Lipinski definition) is 1. The van der Waals surface area contributed by atoms with Gasteiger partial charge >= 0.3 is 0 Å². The molecule has 0 aliphatic carbocycles. The number of rotatable bonds is 5. The van der Waals surface area contributed by atoms with Gasteiger partial charge in [-0.25, -0.2) is 0 Å². The summed E-state index contributed by atoms with van der Waals surface area (Å²) >= 11 is 0. The Morgan fingerprint density at radius 1 is 1.33 bits per heavy atom. The van der Waals surface area contributed by atoms with Crippen molar-refractivity contribution in [2.24, 2.45) is 0 Å². The van der Waals surface area contributed by atoms with E-state index in [0.29, 0.717) is 11.4 Å². The minimum atomic E-state index is -0.470. The van der Waals surface area contributed by atoms with Gasteiger partial charge in [0.15, 0.2) is 0 Å². The van der Waals surface area contributed by atoms with Gasteiger partial charge in [-0.2, -0.15) is 0 Å². The van der Waals surface area contributed by atoms with E-state index in [1.165, 1.54) is 37.5 Å². The number of nitro benzene ring substituents is 1. The third-order valence-corrected chi connectivity index (χ3v) is 2.74. The number of nitrogens with zero attached hydrogens (tertiary/aromatic N) is 2. The Balaban J connectivity index is 2.02. The highest BCUT2D eigenvalue weighted by Gasteiger charge is 2.07. The van der Waals surface area contributed by atoms with Crippen LogP contribution in [0.1, 0.15) is 16.1 Å². The van der Waals surface area contributed by atoms with Gasteiger partial charge in [0.2, 0.25) is 0 Å². The van der Waals surface area contributed by atoms with Crippen LogP contribution in [0.15, 0.2) is 42.6 Å². The van der Waals surface area contributed by atoms with Crippen molar-refractivity contribution in [2.45, 2.75) is 6.61 Å². The smallest absolute Gasteiger partial charge is 0.269 e. The predicted octanol–water partition coefficient (Wildman–Crippen LogP) is 1.93. The molecule has 1 aromatic carbocycles. The molecule has 1 aromatic heterocycles. The maximum Gasteiger partial charge on any atom is 0.269 e. The van der Waals surface area contributed by atoms with Crippen LogP contribution in [-0.2, 0) is 6.61 Å². The molecule has 2 aromatic rings. The SMILES string of the molecule is CNC(=O)c1cc(COc2ccc([N+](=O)[O-])cc2)ccn1. The lowest BCUT2D eigenvalue weighted by Crippen LogP contribution is -2.19. The molecule has 0 aliphatic rings. The molecule has 7 nitrogen and oxygen atoms in total. The number of aromatic nitrogens is 1. The molecule has 0 saturated heterocycles. The second-order valence-electron chi connectivity index (χ2n) is 4.17. The van der Waals surface area contributed by atoms with E-state index in [2.05, 4.69) is 10.3 Å². The highest BCUT2D eigenvalue weighted by molar-refractivity contribution is 5.92. The van der Waals surface area contributed by atoms with Crippen molar-refractivity contribution in [1.82, 2.24) is 10.3 Å². The van der Waals surface area contributed by atoms with Gasteiger partial charge in [0.05, 0.1) is 4.92 Å². The average Bonchev–Trinajstić information content (AvgIpc) is 2.52. The third-order valence-electron chi connectivity index (χ3n) is 2.74. The fraction of sp³-hybridized carbons (Fsp3) is 0.143. The van der Waals surface area contributed by atoms with E-state index in [1.54, 1.807) is 12.1 Å². The van der Waals surface area contributed by atoms with Crippen LogP contribution < -0.4 is 10.1 Å². The Morgan fingerprint density at radius 3 is 2.67 bits per heavy atom. The molecule has 0 saturated carbocycles. The minimum absolute atomic E-state index is 0.00756. The molecule has 1 amide bonds. The van der Waals surface area contributed by atoms with Gasteiger partial charge in [0.1, 0.15) is 18.1 Å². The number of benzene rings is 1. The van der Waals surface area contributed by atoms with Gasteiger partial charge in [0.25, 0.3) is 11.6 Å². The molecular formula is C14H13N3O4. The number of carbonyl (C=O) groups is 1.